The van der Waals surface area contributed by atoms with Gasteiger partial charge in [0, 0.05) is 13.1 Å². The van der Waals surface area contributed by atoms with E-state index in [1.807, 2.05) is 54.3 Å². The van der Waals surface area contributed by atoms with Crippen LogP contribution in [0.4, 0.5) is 0 Å². The lowest BCUT2D eigenvalue weighted by molar-refractivity contribution is 0.0785. The summed E-state index contributed by atoms with van der Waals surface area (Å²) in [6.45, 7) is 4.54. The minimum absolute atomic E-state index is 0.0135. The minimum Gasteiger partial charge on any atom is -0.490 e. The number of carbonyl (C=O) groups excluding carboxylic acids is 1. The molecule has 3 rings (SSSR count). The number of likely N-dealkylation sites (tertiary alicyclic amines) is 1. The van der Waals surface area contributed by atoms with Crippen LogP contribution in [-0.4, -0.2) is 37.0 Å². The maximum Gasteiger partial charge on any atom is 0.257 e. The van der Waals surface area contributed by atoms with E-state index in [0.29, 0.717) is 48.4 Å². The molecule has 0 spiro atoms. The molecule has 2 aromatic rings. The number of nitrogens with two attached hydrogens (primary N) is 1. The third-order valence-electron chi connectivity index (χ3n) is 4.39. The molecule has 132 valence electrons. The Bertz CT molecular complexity index is 732. The molecule has 1 heterocycles. The van der Waals surface area contributed by atoms with E-state index in [4.69, 9.17) is 15.2 Å². The van der Waals surface area contributed by atoms with Crippen molar-refractivity contribution < 1.29 is 14.3 Å². The van der Waals surface area contributed by atoms with Crippen LogP contribution in [0.2, 0.25) is 0 Å². The van der Waals surface area contributed by atoms with E-state index < -0.39 is 0 Å². The predicted octanol–water partition coefficient (Wildman–Crippen LogP) is 3.30. The van der Waals surface area contributed by atoms with Crippen LogP contribution in [0.25, 0.3) is 0 Å². The van der Waals surface area contributed by atoms with Crippen molar-refractivity contribution in [3.8, 4) is 17.2 Å². The Morgan fingerprint density at radius 3 is 2.48 bits per heavy atom. The molecular formula is C20H24N2O3. The maximum atomic E-state index is 12.9. The van der Waals surface area contributed by atoms with Crippen molar-refractivity contribution >= 4 is 5.91 Å². The number of hydrogen-bond donors (Lipinski definition) is 1. The standard InChI is InChI=1S/C20H24N2O3/c1-2-24-18-9-5-6-10-19(18)25-17-8-4-3-7-16(17)20(23)22-12-11-15(13-21)14-22/h3-10,15H,2,11-14,21H2,1H3/t15-/m1/s1. The summed E-state index contributed by atoms with van der Waals surface area (Å²) < 4.78 is 11.6. The van der Waals surface area contributed by atoms with Crippen LogP contribution >= 0.6 is 0 Å². The maximum absolute atomic E-state index is 12.9. The number of benzene rings is 2. The summed E-state index contributed by atoms with van der Waals surface area (Å²) in [6, 6.07) is 14.8. The molecule has 2 aromatic carbocycles. The molecule has 0 unspecified atom stereocenters. The second-order valence-corrected chi connectivity index (χ2v) is 6.12. The van der Waals surface area contributed by atoms with Gasteiger partial charge >= 0.3 is 0 Å². The molecule has 2 N–H and O–H groups in total. The van der Waals surface area contributed by atoms with E-state index in [-0.39, 0.29) is 5.91 Å². The number of amides is 1. The van der Waals surface area contributed by atoms with E-state index >= 15 is 0 Å². The highest BCUT2D eigenvalue weighted by atomic mass is 16.5. The Morgan fingerprint density at radius 2 is 1.80 bits per heavy atom. The number of rotatable bonds is 6. The molecule has 0 bridgehead atoms. The molecule has 0 saturated carbocycles. The summed E-state index contributed by atoms with van der Waals surface area (Å²) in [5, 5.41) is 0. The summed E-state index contributed by atoms with van der Waals surface area (Å²) in [5.74, 6) is 2.18. The van der Waals surface area contributed by atoms with E-state index in [1.165, 1.54) is 0 Å². The molecule has 1 aliphatic heterocycles. The van der Waals surface area contributed by atoms with E-state index in [9.17, 15) is 4.79 Å². The number of para-hydroxylation sites is 3. The van der Waals surface area contributed by atoms with Gasteiger partial charge in [-0.1, -0.05) is 24.3 Å². The summed E-state index contributed by atoms with van der Waals surface area (Å²) in [6.07, 6.45) is 0.957. The van der Waals surface area contributed by atoms with Gasteiger partial charge in [0.1, 0.15) is 5.75 Å². The van der Waals surface area contributed by atoms with Gasteiger partial charge in [-0.05, 0) is 50.1 Å². The third kappa shape index (κ3) is 3.94. The van der Waals surface area contributed by atoms with Crippen molar-refractivity contribution in [1.82, 2.24) is 4.90 Å². The Kier molecular flexibility index (Phi) is 5.56. The summed E-state index contributed by atoms with van der Waals surface area (Å²) in [5.41, 5.74) is 6.30. The molecule has 1 atom stereocenters. The smallest absolute Gasteiger partial charge is 0.257 e. The van der Waals surface area contributed by atoms with Gasteiger partial charge in [0.2, 0.25) is 0 Å². The van der Waals surface area contributed by atoms with Crippen LogP contribution in [0.1, 0.15) is 23.7 Å². The first-order valence-corrected chi connectivity index (χ1v) is 8.71. The zero-order valence-electron chi connectivity index (χ0n) is 14.5. The van der Waals surface area contributed by atoms with Gasteiger partial charge in [-0.2, -0.15) is 0 Å². The largest absolute Gasteiger partial charge is 0.490 e. The molecule has 5 heteroatoms. The Hall–Kier alpha value is -2.53. The molecule has 1 saturated heterocycles. The van der Waals surface area contributed by atoms with Crippen LogP contribution in [-0.2, 0) is 0 Å². The Balaban J connectivity index is 1.83. The van der Waals surface area contributed by atoms with E-state index in [1.54, 1.807) is 6.07 Å². The van der Waals surface area contributed by atoms with Gasteiger partial charge in [0.25, 0.3) is 5.91 Å². The fourth-order valence-electron chi connectivity index (χ4n) is 3.04. The number of ether oxygens (including phenoxy) is 2. The summed E-state index contributed by atoms with van der Waals surface area (Å²) >= 11 is 0. The third-order valence-corrected chi connectivity index (χ3v) is 4.39. The first-order valence-electron chi connectivity index (χ1n) is 8.71. The molecule has 0 radical (unpaired) electrons. The number of nitrogens with zero attached hydrogens (tertiary/aromatic N) is 1. The van der Waals surface area contributed by atoms with Gasteiger partial charge in [-0.3, -0.25) is 4.79 Å². The first-order chi connectivity index (χ1) is 12.2. The zero-order valence-corrected chi connectivity index (χ0v) is 14.5. The van der Waals surface area contributed by atoms with Gasteiger partial charge in [-0.25, -0.2) is 0 Å². The average molecular weight is 340 g/mol. The van der Waals surface area contributed by atoms with Crippen molar-refractivity contribution in [2.45, 2.75) is 13.3 Å². The number of carbonyl (C=O) groups is 1. The quantitative estimate of drug-likeness (QED) is 0.876. The monoisotopic (exact) mass is 340 g/mol. The highest BCUT2D eigenvalue weighted by molar-refractivity contribution is 5.97. The zero-order chi connectivity index (χ0) is 17.6. The van der Waals surface area contributed by atoms with Crippen LogP contribution in [0.3, 0.4) is 0 Å². The highest BCUT2D eigenvalue weighted by Gasteiger charge is 2.27. The van der Waals surface area contributed by atoms with Crippen molar-refractivity contribution in [2.24, 2.45) is 11.7 Å². The van der Waals surface area contributed by atoms with Crippen LogP contribution in [0, 0.1) is 5.92 Å². The normalized spacial score (nSPS) is 16.7. The molecule has 1 fully saturated rings. The molecule has 25 heavy (non-hydrogen) atoms. The van der Waals surface area contributed by atoms with Gasteiger partial charge in [0.15, 0.2) is 11.5 Å². The lowest BCUT2D eigenvalue weighted by Crippen LogP contribution is -2.30. The SMILES string of the molecule is CCOc1ccccc1Oc1ccccc1C(=O)N1CC[C@H](CN)C1. The molecule has 0 aliphatic carbocycles. The second-order valence-electron chi connectivity index (χ2n) is 6.12. The number of hydrogen-bond acceptors (Lipinski definition) is 4. The average Bonchev–Trinajstić information content (AvgIpc) is 3.13. The fraction of sp³-hybridized carbons (Fsp3) is 0.350. The van der Waals surface area contributed by atoms with Gasteiger partial charge in [0.05, 0.1) is 12.2 Å². The first kappa shape index (κ1) is 17.3. The van der Waals surface area contributed by atoms with Crippen LogP contribution in [0.15, 0.2) is 48.5 Å². The summed E-state index contributed by atoms with van der Waals surface area (Å²) in [4.78, 5) is 14.8. The Morgan fingerprint density at radius 1 is 1.12 bits per heavy atom. The lowest BCUT2D eigenvalue weighted by Gasteiger charge is -2.19. The van der Waals surface area contributed by atoms with Crippen LogP contribution in [0.5, 0.6) is 17.2 Å². The molecule has 1 aliphatic rings. The fourth-order valence-corrected chi connectivity index (χ4v) is 3.04. The summed E-state index contributed by atoms with van der Waals surface area (Å²) in [7, 11) is 0. The van der Waals surface area contributed by atoms with Gasteiger partial charge < -0.3 is 20.1 Å². The van der Waals surface area contributed by atoms with E-state index in [2.05, 4.69) is 0 Å². The van der Waals surface area contributed by atoms with Crippen molar-refractivity contribution in [3.63, 3.8) is 0 Å². The topological polar surface area (TPSA) is 64.8 Å². The molecule has 5 nitrogen and oxygen atoms in total. The van der Waals surface area contributed by atoms with Crippen molar-refractivity contribution in [3.05, 3.63) is 54.1 Å². The minimum atomic E-state index is -0.0135. The lowest BCUT2D eigenvalue weighted by atomic mass is 10.1. The van der Waals surface area contributed by atoms with Gasteiger partial charge in [-0.15, -0.1) is 0 Å². The molecule has 1 amide bonds. The molecular weight excluding hydrogens is 316 g/mol. The van der Waals surface area contributed by atoms with Crippen molar-refractivity contribution in [2.75, 3.05) is 26.2 Å². The highest BCUT2D eigenvalue weighted by Crippen LogP contribution is 2.33. The van der Waals surface area contributed by atoms with E-state index in [0.717, 1.165) is 13.0 Å². The van der Waals surface area contributed by atoms with Crippen molar-refractivity contribution in [1.29, 1.82) is 0 Å². The predicted molar refractivity (Wildman–Crippen MR) is 97.2 cm³/mol. The Labute approximate surface area is 148 Å². The second kappa shape index (κ2) is 8.03. The van der Waals surface area contributed by atoms with Crippen LogP contribution < -0.4 is 15.2 Å². The molecule has 0 aromatic heterocycles.